The lowest BCUT2D eigenvalue weighted by atomic mass is 10.2. The van der Waals surface area contributed by atoms with E-state index in [0.717, 1.165) is 31.6 Å². The Morgan fingerprint density at radius 1 is 1.06 bits per heavy atom. The molecule has 1 saturated heterocycles. The summed E-state index contributed by atoms with van der Waals surface area (Å²) >= 11 is 0. The van der Waals surface area contributed by atoms with Crippen LogP contribution >= 0.6 is 0 Å². The van der Waals surface area contributed by atoms with Crippen molar-refractivity contribution >= 4 is 21.4 Å². The van der Waals surface area contributed by atoms with Crippen molar-refractivity contribution in [2.75, 3.05) is 23.7 Å². The molecule has 0 saturated carbocycles. The Bertz CT molecular complexity index is 520. The summed E-state index contributed by atoms with van der Waals surface area (Å²) in [5, 5.41) is 5.16. The van der Waals surface area contributed by atoms with Gasteiger partial charge in [0.2, 0.25) is 10.0 Å². The van der Waals surface area contributed by atoms with Gasteiger partial charge in [-0.05, 0) is 25.0 Å². The molecule has 0 unspecified atom stereocenters. The first-order valence-corrected chi connectivity index (χ1v) is 7.71. The summed E-state index contributed by atoms with van der Waals surface area (Å²) in [7, 11) is -3.76. The van der Waals surface area contributed by atoms with Crippen LogP contribution in [0.15, 0.2) is 23.1 Å². The molecule has 1 heterocycles. The molecular formula is C12H19N3O2S. The summed E-state index contributed by atoms with van der Waals surface area (Å²) in [4.78, 5) is 2.17. The summed E-state index contributed by atoms with van der Waals surface area (Å²) in [5.74, 6) is 0. The highest BCUT2D eigenvalue weighted by molar-refractivity contribution is 7.89. The number of para-hydroxylation sites is 1. The third-order valence-corrected chi connectivity index (χ3v) is 4.27. The average Bonchev–Trinajstić information content (AvgIpc) is 2.56. The number of nitrogens with two attached hydrogens (primary N) is 2. The average molecular weight is 269 g/mol. The zero-order valence-electron chi connectivity index (χ0n) is 10.3. The molecule has 2 rings (SSSR count). The summed E-state index contributed by atoms with van der Waals surface area (Å²) in [5.41, 5.74) is 7.00. The highest BCUT2D eigenvalue weighted by Gasteiger charge is 2.18. The number of anilines is 2. The van der Waals surface area contributed by atoms with Crippen molar-refractivity contribution in [1.82, 2.24) is 0 Å². The predicted molar refractivity (Wildman–Crippen MR) is 72.9 cm³/mol. The Morgan fingerprint density at radius 2 is 1.67 bits per heavy atom. The largest absolute Gasteiger partial charge is 0.396 e. The summed E-state index contributed by atoms with van der Waals surface area (Å²) in [6, 6.07) is 5.00. The van der Waals surface area contributed by atoms with Gasteiger partial charge in [0.1, 0.15) is 4.90 Å². The molecule has 4 N–H and O–H groups in total. The Morgan fingerprint density at radius 3 is 2.22 bits per heavy atom. The number of hydrogen-bond acceptors (Lipinski definition) is 4. The fourth-order valence-electron chi connectivity index (χ4n) is 2.37. The van der Waals surface area contributed by atoms with Crippen LogP contribution in [-0.4, -0.2) is 21.5 Å². The van der Waals surface area contributed by atoms with Crippen LogP contribution in [0, 0.1) is 0 Å². The van der Waals surface area contributed by atoms with Gasteiger partial charge in [-0.1, -0.05) is 18.9 Å². The molecule has 0 aliphatic carbocycles. The van der Waals surface area contributed by atoms with Crippen molar-refractivity contribution in [2.45, 2.75) is 30.6 Å². The van der Waals surface area contributed by atoms with Gasteiger partial charge in [0.05, 0.1) is 11.4 Å². The second-order valence-electron chi connectivity index (χ2n) is 4.64. The van der Waals surface area contributed by atoms with E-state index in [9.17, 15) is 8.42 Å². The van der Waals surface area contributed by atoms with Crippen molar-refractivity contribution in [3.05, 3.63) is 18.2 Å². The van der Waals surface area contributed by atoms with Crippen LogP contribution in [0.5, 0.6) is 0 Å². The van der Waals surface area contributed by atoms with Crippen molar-refractivity contribution in [2.24, 2.45) is 5.14 Å². The van der Waals surface area contributed by atoms with Crippen molar-refractivity contribution in [3.8, 4) is 0 Å². The van der Waals surface area contributed by atoms with Crippen molar-refractivity contribution < 1.29 is 8.42 Å². The van der Waals surface area contributed by atoms with E-state index >= 15 is 0 Å². The van der Waals surface area contributed by atoms with Gasteiger partial charge in [-0.3, -0.25) is 0 Å². The molecule has 0 spiro atoms. The van der Waals surface area contributed by atoms with E-state index in [1.54, 1.807) is 6.07 Å². The van der Waals surface area contributed by atoms with E-state index in [1.165, 1.54) is 18.9 Å². The van der Waals surface area contributed by atoms with Gasteiger partial charge in [0.25, 0.3) is 0 Å². The van der Waals surface area contributed by atoms with Crippen molar-refractivity contribution in [3.63, 3.8) is 0 Å². The number of nitrogen functional groups attached to an aromatic ring is 1. The molecule has 5 nitrogen and oxygen atoms in total. The fourth-order valence-corrected chi connectivity index (χ4v) is 3.05. The van der Waals surface area contributed by atoms with Crippen molar-refractivity contribution in [1.29, 1.82) is 0 Å². The maximum Gasteiger partial charge on any atom is 0.240 e. The first kappa shape index (κ1) is 13.2. The Kier molecular flexibility index (Phi) is 3.77. The number of benzene rings is 1. The minimum absolute atomic E-state index is 0.0178. The van der Waals surface area contributed by atoms with E-state index in [2.05, 4.69) is 4.90 Å². The standard InChI is InChI=1S/C12H19N3O2S/c13-12-10(15-8-3-1-2-4-9-15)6-5-7-11(12)18(14,16)17/h5-7H,1-4,8-9,13H2,(H2,14,16,17). The Balaban J connectivity index is 2.39. The second kappa shape index (κ2) is 5.16. The van der Waals surface area contributed by atoms with Crippen LogP contribution in [-0.2, 0) is 10.0 Å². The quantitative estimate of drug-likeness (QED) is 0.792. The van der Waals surface area contributed by atoms with Gasteiger partial charge >= 0.3 is 0 Å². The molecule has 0 amide bonds. The molecule has 100 valence electrons. The van der Waals surface area contributed by atoms with Gasteiger partial charge in [-0.15, -0.1) is 0 Å². The molecule has 1 aliphatic heterocycles. The van der Waals surface area contributed by atoms with E-state index in [1.807, 2.05) is 6.07 Å². The normalized spacial score (nSPS) is 17.5. The van der Waals surface area contributed by atoms with E-state index in [4.69, 9.17) is 10.9 Å². The SMILES string of the molecule is Nc1c(N2CCCCCC2)cccc1S(N)(=O)=O. The third kappa shape index (κ3) is 2.76. The van der Waals surface area contributed by atoms with Crippen LogP contribution in [0.25, 0.3) is 0 Å². The number of sulfonamides is 1. The molecule has 0 bridgehead atoms. The van der Waals surface area contributed by atoms with Crippen LogP contribution in [0.3, 0.4) is 0 Å². The first-order valence-electron chi connectivity index (χ1n) is 6.16. The number of hydrogen-bond donors (Lipinski definition) is 2. The molecule has 0 atom stereocenters. The summed E-state index contributed by atoms with van der Waals surface area (Å²) in [6.07, 6.45) is 4.65. The zero-order chi connectivity index (χ0) is 13.2. The Labute approximate surface area is 108 Å². The lowest BCUT2D eigenvalue weighted by molar-refractivity contribution is 0.598. The van der Waals surface area contributed by atoms with E-state index < -0.39 is 10.0 Å². The number of primary sulfonamides is 1. The maximum absolute atomic E-state index is 11.4. The lowest BCUT2D eigenvalue weighted by Gasteiger charge is -2.25. The van der Waals surface area contributed by atoms with E-state index in [-0.39, 0.29) is 10.6 Å². The molecule has 18 heavy (non-hydrogen) atoms. The minimum Gasteiger partial charge on any atom is -0.396 e. The molecule has 1 aliphatic rings. The zero-order valence-corrected chi connectivity index (χ0v) is 11.1. The molecular weight excluding hydrogens is 250 g/mol. The second-order valence-corrected chi connectivity index (χ2v) is 6.17. The van der Waals surface area contributed by atoms with Gasteiger partial charge in [-0.25, -0.2) is 13.6 Å². The topological polar surface area (TPSA) is 89.4 Å². The molecule has 0 aromatic heterocycles. The third-order valence-electron chi connectivity index (χ3n) is 3.30. The maximum atomic E-state index is 11.4. The van der Waals surface area contributed by atoms with Crippen LogP contribution in [0.1, 0.15) is 25.7 Å². The van der Waals surface area contributed by atoms with E-state index in [0.29, 0.717) is 0 Å². The highest BCUT2D eigenvalue weighted by atomic mass is 32.2. The predicted octanol–water partition coefficient (Wildman–Crippen LogP) is 1.30. The smallest absolute Gasteiger partial charge is 0.240 e. The number of nitrogens with zero attached hydrogens (tertiary/aromatic N) is 1. The molecule has 6 heteroatoms. The monoisotopic (exact) mass is 269 g/mol. The molecule has 1 fully saturated rings. The summed E-state index contributed by atoms with van der Waals surface area (Å²) in [6.45, 7) is 1.83. The summed E-state index contributed by atoms with van der Waals surface area (Å²) < 4.78 is 22.9. The van der Waals surface area contributed by atoms with Crippen LogP contribution in [0.2, 0.25) is 0 Å². The lowest BCUT2D eigenvalue weighted by Crippen LogP contribution is -2.26. The molecule has 0 radical (unpaired) electrons. The first-order chi connectivity index (χ1) is 8.50. The fraction of sp³-hybridized carbons (Fsp3) is 0.500. The van der Waals surface area contributed by atoms with Gasteiger partial charge in [0.15, 0.2) is 0 Å². The van der Waals surface area contributed by atoms with Crippen LogP contribution in [0.4, 0.5) is 11.4 Å². The van der Waals surface area contributed by atoms with Gasteiger partial charge in [-0.2, -0.15) is 0 Å². The molecule has 1 aromatic carbocycles. The van der Waals surface area contributed by atoms with Gasteiger partial charge < -0.3 is 10.6 Å². The minimum atomic E-state index is -3.76. The van der Waals surface area contributed by atoms with Gasteiger partial charge in [0, 0.05) is 13.1 Å². The number of rotatable bonds is 2. The Hall–Kier alpha value is -1.27. The van der Waals surface area contributed by atoms with Crippen LogP contribution < -0.4 is 15.8 Å². The highest BCUT2D eigenvalue weighted by Crippen LogP contribution is 2.30. The molecule has 1 aromatic rings.